The highest BCUT2D eigenvalue weighted by Gasteiger charge is 2.07. The molecule has 0 atom stereocenters. The first kappa shape index (κ1) is 10.9. The molecule has 0 saturated heterocycles. The first-order chi connectivity index (χ1) is 8.76. The number of pyridine rings is 2. The topological polar surface area (TPSA) is 80.5 Å². The maximum absolute atomic E-state index is 5.59. The molecular formula is C13H13N5. The maximum Gasteiger partial charge on any atom is 0.178 e. The van der Waals surface area contributed by atoms with Crippen molar-refractivity contribution in [2.75, 3.05) is 0 Å². The second-order valence-corrected chi connectivity index (χ2v) is 4.15. The third kappa shape index (κ3) is 1.84. The fourth-order valence-corrected chi connectivity index (χ4v) is 1.86. The van der Waals surface area contributed by atoms with Crippen molar-refractivity contribution in [3.05, 3.63) is 41.9 Å². The lowest BCUT2D eigenvalue weighted by molar-refractivity contribution is 0.990. The third-order valence-electron chi connectivity index (χ3n) is 2.78. The number of fused-ring (bicyclic) bond motifs is 1. The van der Waals surface area contributed by atoms with Crippen LogP contribution < -0.4 is 5.73 Å². The van der Waals surface area contributed by atoms with E-state index in [1.54, 1.807) is 6.20 Å². The van der Waals surface area contributed by atoms with Crippen molar-refractivity contribution in [3.63, 3.8) is 0 Å². The fourth-order valence-electron chi connectivity index (χ4n) is 1.86. The first-order valence-corrected chi connectivity index (χ1v) is 5.75. The van der Waals surface area contributed by atoms with Crippen LogP contribution >= 0.6 is 0 Å². The molecule has 5 heteroatoms. The van der Waals surface area contributed by atoms with Gasteiger partial charge in [-0.2, -0.15) is 0 Å². The number of nitrogens with one attached hydrogen (secondary N) is 1. The number of aryl methyl sites for hydroxylation is 1. The van der Waals surface area contributed by atoms with E-state index in [0.717, 1.165) is 33.9 Å². The van der Waals surface area contributed by atoms with Crippen molar-refractivity contribution in [1.29, 1.82) is 0 Å². The lowest BCUT2D eigenvalue weighted by atomic mass is 10.2. The van der Waals surface area contributed by atoms with Gasteiger partial charge in [0.25, 0.3) is 0 Å². The molecule has 0 aliphatic rings. The van der Waals surface area contributed by atoms with Gasteiger partial charge in [0, 0.05) is 24.0 Å². The summed E-state index contributed by atoms with van der Waals surface area (Å²) >= 11 is 0. The molecule has 0 saturated carbocycles. The normalized spacial score (nSPS) is 11.0. The van der Waals surface area contributed by atoms with Crippen LogP contribution in [0.5, 0.6) is 0 Å². The number of hydrogen-bond acceptors (Lipinski definition) is 4. The van der Waals surface area contributed by atoms with Crippen LogP contribution in [0.2, 0.25) is 0 Å². The van der Waals surface area contributed by atoms with Crippen LogP contribution in [-0.4, -0.2) is 19.9 Å². The Morgan fingerprint density at radius 3 is 2.94 bits per heavy atom. The lowest BCUT2D eigenvalue weighted by Gasteiger charge is -1.98. The molecule has 5 nitrogen and oxygen atoms in total. The zero-order chi connectivity index (χ0) is 12.5. The summed E-state index contributed by atoms with van der Waals surface area (Å²) in [7, 11) is 0. The second-order valence-electron chi connectivity index (χ2n) is 4.15. The second kappa shape index (κ2) is 4.19. The van der Waals surface area contributed by atoms with E-state index in [1.807, 2.05) is 31.2 Å². The van der Waals surface area contributed by atoms with Gasteiger partial charge in [-0.05, 0) is 31.2 Å². The minimum Gasteiger partial charge on any atom is -0.337 e. The molecule has 3 aromatic heterocycles. The number of imidazole rings is 1. The molecular weight excluding hydrogens is 226 g/mol. The summed E-state index contributed by atoms with van der Waals surface area (Å²) in [4.78, 5) is 16.3. The van der Waals surface area contributed by atoms with Crippen LogP contribution in [0.1, 0.15) is 11.4 Å². The van der Waals surface area contributed by atoms with E-state index in [9.17, 15) is 0 Å². The molecule has 0 unspecified atom stereocenters. The van der Waals surface area contributed by atoms with Gasteiger partial charge in [0.1, 0.15) is 5.82 Å². The van der Waals surface area contributed by atoms with Gasteiger partial charge in [-0.1, -0.05) is 0 Å². The number of rotatable bonds is 2. The van der Waals surface area contributed by atoms with E-state index in [4.69, 9.17) is 5.73 Å². The summed E-state index contributed by atoms with van der Waals surface area (Å²) in [6.07, 6.45) is 1.74. The molecule has 90 valence electrons. The quantitative estimate of drug-likeness (QED) is 0.714. The molecule has 0 fully saturated rings. The smallest absolute Gasteiger partial charge is 0.178 e. The van der Waals surface area contributed by atoms with Crippen molar-refractivity contribution in [2.24, 2.45) is 5.73 Å². The average Bonchev–Trinajstić information content (AvgIpc) is 2.81. The first-order valence-electron chi connectivity index (χ1n) is 5.75. The number of H-pyrrole nitrogens is 1. The summed E-state index contributed by atoms with van der Waals surface area (Å²) < 4.78 is 0. The highest BCUT2D eigenvalue weighted by molar-refractivity contribution is 5.75. The Morgan fingerprint density at radius 1 is 1.22 bits per heavy atom. The molecule has 0 aromatic carbocycles. The van der Waals surface area contributed by atoms with Gasteiger partial charge >= 0.3 is 0 Å². The van der Waals surface area contributed by atoms with Crippen molar-refractivity contribution in [2.45, 2.75) is 13.5 Å². The predicted molar refractivity (Wildman–Crippen MR) is 69.7 cm³/mol. The molecule has 0 aliphatic carbocycles. The van der Waals surface area contributed by atoms with Gasteiger partial charge in [-0.15, -0.1) is 0 Å². The average molecular weight is 239 g/mol. The Kier molecular flexibility index (Phi) is 2.53. The molecule has 18 heavy (non-hydrogen) atoms. The highest BCUT2D eigenvalue weighted by atomic mass is 15.0. The number of nitrogens with zero attached hydrogens (tertiary/aromatic N) is 3. The van der Waals surface area contributed by atoms with E-state index < -0.39 is 0 Å². The standard InChI is InChI=1S/C13H13N5/c1-8-2-3-11-13(16-8)18-12(17-11)9-4-5-15-10(6-9)7-14/h2-6H,7,14H2,1H3,(H,16,17,18). The predicted octanol–water partition coefficient (Wildman–Crippen LogP) is 1.79. The number of nitrogens with two attached hydrogens (primary N) is 1. The SMILES string of the molecule is Cc1ccc2[nH]c(-c3ccnc(CN)c3)nc2n1. The summed E-state index contributed by atoms with van der Waals surface area (Å²) in [5, 5.41) is 0. The van der Waals surface area contributed by atoms with Crippen molar-refractivity contribution in [3.8, 4) is 11.4 Å². The molecule has 3 rings (SSSR count). The Morgan fingerprint density at radius 2 is 2.11 bits per heavy atom. The van der Waals surface area contributed by atoms with Gasteiger partial charge < -0.3 is 10.7 Å². The highest BCUT2D eigenvalue weighted by Crippen LogP contribution is 2.19. The molecule has 0 bridgehead atoms. The van der Waals surface area contributed by atoms with Crippen LogP contribution in [0.25, 0.3) is 22.6 Å². The van der Waals surface area contributed by atoms with Gasteiger partial charge in [-0.25, -0.2) is 9.97 Å². The number of aromatic nitrogens is 4. The molecule has 3 N–H and O–H groups in total. The van der Waals surface area contributed by atoms with Crippen molar-refractivity contribution in [1.82, 2.24) is 19.9 Å². The van der Waals surface area contributed by atoms with Crippen LogP contribution in [0.4, 0.5) is 0 Å². The largest absolute Gasteiger partial charge is 0.337 e. The van der Waals surface area contributed by atoms with Gasteiger partial charge in [0.05, 0.1) is 11.2 Å². The van der Waals surface area contributed by atoms with Crippen LogP contribution in [0, 0.1) is 6.92 Å². The van der Waals surface area contributed by atoms with Gasteiger partial charge in [0.2, 0.25) is 0 Å². The Balaban J connectivity index is 2.13. The van der Waals surface area contributed by atoms with E-state index in [2.05, 4.69) is 19.9 Å². The fraction of sp³-hybridized carbons (Fsp3) is 0.154. The Bertz CT molecular complexity index is 701. The third-order valence-corrected chi connectivity index (χ3v) is 2.78. The molecule has 0 radical (unpaired) electrons. The maximum atomic E-state index is 5.59. The summed E-state index contributed by atoms with van der Waals surface area (Å²) in [5.41, 5.74) is 10.0. The van der Waals surface area contributed by atoms with Crippen molar-refractivity contribution < 1.29 is 0 Å². The molecule has 0 aliphatic heterocycles. The van der Waals surface area contributed by atoms with Crippen LogP contribution in [-0.2, 0) is 6.54 Å². The minimum atomic E-state index is 0.422. The van der Waals surface area contributed by atoms with Crippen LogP contribution in [0.3, 0.4) is 0 Å². The van der Waals surface area contributed by atoms with Crippen LogP contribution in [0.15, 0.2) is 30.5 Å². The van der Waals surface area contributed by atoms with E-state index in [0.29, 0.717) is 6.54 Å². The molecule has 0 amide bonds. The van der Waals surface area contributed by atoms with E-state index in [-0.39, 0.29) is 0 Å². The van der Waals surface area contributed by atoms with E-state index in [1.165, 1.54) is 0 Å². The molecule has 3 heterocycles. The lowest BCUT2D eigenvalue weighted by Crippen LogP contribution is -1.99. The van der Waals surface area contributed by atoms with Crippen molar-refractivity contribution >= 4 is 11.2 Å². The van der Waals surface area contributed by atoms with E-state index >= 15 is 0 Å². The number of aromatic amines is 1. The minimum absolute atomic E-state index is 0.422. The zero-order valence-electron chi connectivity index (χ0n) is 10.0. The Hall–Kier alpha value is -2.27. The van der Waals surface area contributed by atoms with Gasteiger partial charge in [0.15, 0.2) is 5.65 Å². The Labute approximate surface area is 104 Å². The molecule has 3 aromatic rings. The summed E-state index contributed by atoms with van der Waals surface area (Å²) in [6.45, 7) is 2.37. The number of hydrogen-bond donors (Lipinski definition) is 2. The summed E-state index contributed by atoms with van der Waals surface area (Å²) in [6, 6.07) is 7.79. The van der Waals surface area contributed by atoms with Gasteiger partial charge in [-0.3, -0.25) is 4.98 Å². The molecule has 0 spiro atoms. The zero-order valence-corrected chi connectivity index (χ0v) is 10.0. The summed E-state index contributed by atoms with van der Waals surface area (Å²) in [5.74, 6) is 0.792. The monoisotopic (exact) mass is 239 g/mol.